The fraction of sp³-hybridized carbons (Fsp3) is 0.174. The molecule has 162 valence electrons. The number of nitrogens with two attached hydrogens (primary N) is 1. The lowest BCUT2D eigenvalue weighted by Gasteiger charge is -2.15. The van der Waals surface area contributed by atoms with Gasteiger partial charge in [-0.3, -0.25) is 14.6 Å². The number of nitrogens with one attached hydrogen (secondary N) is 2. The summed E-state index contributed by atoms with van der Waals surface area (Å²) in [5.41, 5.74) is 7.54. The molecule has 0 unspecified atom stereocenters. The van der Waals surface area contributed by atoms with E-state index >= 15 is 0 Å². The molecule has 0 aliphatic rings. The van der Waals surface area contributed by atoms with Crippen molar-refractivity contribution in [3.8, 4) is 6.07 Å². The van der Waals surface area contributed by atoms with Crippen molar-refractivity contribution in [1.29, 1.82) is 5.26 Å². The van der Waals surface area contributed by atoms with E-state index in [-0.39, 0.29) is 22.7 Å². The van der Waals surface area contributed by atoms with Gasteiger partial charge in [0, 0.05) is 23.0 Å². The highest BCUT2D eigenvalue weighted by molar-refractivity contribution is 6.33. The van der Waals surface area contributed by atoms with Gasteiger partial charge in [-0.25, -0.2) is 4.98 Å². The maximum Gasteiger partial charge on any atom is 0.256 e. The molecule has 2 amide bonds. The largest absolute Gasteiger partial charge is 0.382 e. The van der Waals surface area contributed by atoms with E-state index in [1.54, 1.807) is 51.1 Å². The average molecular weight is 449 g/mol. The number of nitriles is 1. The molecule has 0 radical (unpaired) electrons. The van der Waals surface area contributed by atoms with Gasteiger partial charge in [0.2, 0.25) is 0 Å². The van der Waals surface area contributed by atoms with Crippen LogP contribution in [0.1, 0.15) is 45.8 Å². The van der Waals surface area contributed by atoms with Crippen LogP contribution in [0.4, 0.5) is 17.2 Å². The number of aryl methyl sites for hydroxylation is 1. The Morgan fingerprint density at radius 2 is 1.78 bits per heavy atom. The van der Waals surface area contributed by atoms with Crippen LogP contribution in [-0.2, 0) is 5.41 Å². The van der Waals surface area contributed by atoms with Crippen molar-refractivity contribution >= 4 is 40.6 Å². The number of halogens is 1. The Morgan fingerprint density at radius 1 is 1.06 bits per heavy atom. The van der Waals surface area contributed by atoms with Crippen LogP contribution in [0.3, 0.4) is 0 Å². The molecule has 0 spiro atoms. The van der Waals surface area contributed by atoms with Gasteiger partial charge in [0.1, 0.15) is 5.82 Å². The molecule has 0 aliphatic heterocycles. The lowest BCUT2D eigenvalue weighted by atomic mass is 9.90. The standard InChI is InChI=1S/C23H21ClN6O2/c1-13-4-5-15(9-17(13)22(32)30-16-10-18(24)20(26)28-11-16)29-21(31)14-6-7-27-19(8-14)23(2,3)12-25/h4-11H,1-3H3,(H2,26,28)(H,29,31)(H,30,32). The first-order chi connectivity index (χ1) is 15.1. The van der Waals surface area contributed by atoms with Gasteiger partial charge < -0.3 is 16.4 Å². The Balaban J connectivity index is 1.80. The zero-order valence-corrected chi connectivity index (χ0v) is 18.5. The molecule has 0 bridgehead atoms. The molecule has 0 saturated carbocycles. The Morgan fingerprint density at radius 3 is 2.47 bits per heavy atom. The molecule has 3 aromatic rings. The normalized spacial score (nSPS) is 10.8. The minimum absolute atomic E-state index is 0.169. The number of benzene rings is 1. The summed E-state index contributed by atoms with van der Waals surface area (Å²) < 4.78 is 0. The lowest BCUT2D eigenvalue weighted by molar-refractivity contribution is 0.101. The third-order valence-electron chi connectivity index (χ3n) is 4.81. The van der Waals surface area contributed by atoms with Gasteiger partial charge in [0.05, 0.1) is 34.1 Å². The van der Waals surface area contributed by atoms with E-state index in [0.717, 1.165) is 5.56 Å². The number of carbonyl (C=O) groups excluding carboxylic acids is 2. The van der Waals surface area contributed by atoms with Gasteiger partial charge in [-0.15, -0.1) is 0 Å². The van der Waals surface area contributed by atoms with Crippen molar-refractivity contribution < 1.29 is 9.59 Å². The molecule has 8 nitrogen and oxygen atoms in total. The van der Waals surface area contributed by atoms with Crippen molar-refractivity contribution in [1.82, 2.24) is 9.97 Å². The number of rotatable bonds is 5. The van der Waals surface area contributed by atoms with E-state index in [2.05, 4.69) is 26.7 Å². The second-order valence-electron chi connectivity index (χ2n) is 7.70. The van der Waals surface area contributed by atoms with Crippen LogP contribution >= 0.6 is 11.6 Å². The van der Waals surface area contributed by atoms with Crippen LogP contribution in [0, 0.1) is 18.3 Å². The minimum atomic E-state index is -0.828. The zero-order chi connectivity index (χ0) is 23.5. The van der Waals surface area contributed by atoms with Crippen LogP contribution < -0.4 is 16.4 Å². The maximum absolute atomic E-state index is 12.8. The van der Waals surface area contributed by atoms with Gasteiger partial charge in [-0.1, -0.05) is 17.7 Å². The molecule has 4 N–H and O–H groups in total. The molecule has 2 heterocycles. The quantitative estimate of drug-likeness (QED) is 0.531. The van der Waals surface area contributed by atoms with E-state index < -0.39 is 5.41 Å². The van der Waals surface area contributed by atoms with Crippen molar-refractivity contribution in [2.45, 2.75) is 26.2 Å². The Bertz CT molecular complexity index is 1250. The van der Waals surface area contributed by atoms with Crippen molar-refractivity contribution in [3.05, 3.63) is 76.2 Å². The molecule has 2 aromatic heterocycles. The number of anilines is 3. The second-order valence-corrected chi connectivity index (χ2v) is 8.10. The highest BCUT2D eigenvalue weighted by atomic mass is 35.5. The van der Waals surface area contributed by atoms with Crippen LogP contribution in [-0.4, -0.2) is 21.8 Å². The van der Waals surface area contributed by atoms with Crippen LogP contribution in [0.25, 0.3) is 0 Å². The van der Waals surface area contributed by atoms with Crippen LogP contribution in [0.15, 0.2) is 48.8 Å². The number of hydrogen-bond donors (Lipinski definition) is 3. The Labute approximate surface area is 190 Å². The second kappa shape index (κ2) is 9.04. The van der Waals surface area contributed by atoms with Crippen LogP contribution in [0.2, 0.25) is 5.02 Å². The summed E-state index contributed by atoms with van der Waals surface area (Å²) in [7, 11) is 0. The SMILES string of the molecule is Cc1ccc(NC(=O)c2ccnc(C(C)(C)C#N)c2)cc1C(=O)Nc1cnc(N)c(Cl)c1. The summed E-state index contributed by atoms with van der Waals surface area (Å²) in [5.74, 6) is -0.599. The van der Waals surface area contributed by atoms with E-state index in [1.807, 2.05) is 0 Å². The molecular formula is C23H21ClN6O2. The number of nitrogen functional groups attached to an aromatic ring is 1. The maximum atomic E-state index is 12.8. The van der Waals surface area contributed by atoms with Crippen molar-refractivity contribution in [2.75, 3.05) is 16.4 Å². The molecule has 1 aromatic carbocycles. The van der Waals surface area contributed by atoms with Gasteiger partial charge in [0.15, 0.2) is 0 Å². The number of hydrogen-bond acceptors (Lipinski definition) is 6. The first-order valence-electron chi connectivity index (χ1n) is 9.63. The van der Waals surface area contributed by atoms with Crippen molar-refractivity contribution in [2.24, 2.45) is 0 Å². The number of nitrogens with zero attached hydrogens (tertiary/aromatic N) is 3. The molecule has 32 heavy (non-hydrogen) atoms. The topological polar surface area (TPSA) is 134 Å². The monoisotopic (exact) mass is 448 g/mol. The molecule has 0 atom stereocenters. The van der Waals surface area contributed by atoms with E-state index in [0.29, 0.717) is 28.2 Å². The third-order valence-corrected chi connectivity index (χ3v) is 5.11. The molecule has 3 rings (SSSR count). The molecular weight excluding hydrogens is 428 g/mol. The van der Waals surface area contributed by atoms with E-state index in [1.165, 1.54) is 18.5 Å². The molecule has 0 aliphatic carbocycles. The third kappa shape index (κ3) is 5.02. The first kappa shape index (κ1) is 22.7. The fourth-order valence-corrected chi connectivity index (χ4v) is 3.00. The summed E-state index contributed by atoms with van der Waals surface area (Å²) in [6.07, 6.45) is 2.90. The summed E-state index contributed by atoms with van der Waals surface area (Å²) in [6, 6.07) is 11.8. The van der Waals surface area contributed by atoms with E-state index in [4.69, 9.17) is 17.3 Å². The number of aromatic nitrogens is 2. The summed E-state index contributed by atoms with van der Waals surface area (Å²) in [4.78, 5) is 33.6. The van der Waals surface area contributed by atoms with Crippen LogP contribution in [0.5, 0.6) is 0 Å². The highest BCUT2D eigenvalue weighted by Gasteiger charge is 2.22. The number of amides is 2. The van der Waals surface area contributed by atoms with E-state index in [9.17, 15) is 14.9 Å². The highest BCUT2D eigenvalue weighted by Crippen LogP contribution is 2.23. The van der Waals surface area contributed by atoms with Crippen molar-refractivity contribution in [3.63, 3.8) is 0 Å². The summed E-state index contributed by atoms with van der Waals surface area (Å²) in [5, 5.41) is 15.0. The Hall–Kier alpha value is -3.96. The van der Waals surface area contributed by atoms with Gasteiger partial charge in [0.25, 0.3) is 11.8 Å². The average Bonchev–Trinajstić information content (AvgIpc) is 2.77. The molecule has 0 saturated heterocycles. The molecule has 9 heteroatoms. The summed E-state index contributed by atoms with van der Waals surface area (Å²) >= 11 is 5.96. The lowest BCUT2D eigenvalue weighted by Crippen LogP contribution is -2.19. The predicted octanol–water partition coefficient (Wildman–Crippen LogP) is 4.33. The Kier molecular flexibility index (Phi) is 6.42. The fourth-order valence-electron chi connectivity index (χ4n) is 2.83. The first-order valence-corrected chi connectivity index (χ1v) is 10.0. The molecule has 0 fully saturated rings. The van der Waals surface area contributed by atoms with Gasteiger partial charge in [-0.2, -0.15) is 5.26 Å². The minimum Gasteiger partial charge on any atom is -0.382 e. The summed E-state index contributed by atoms with van der Waals surface area (Å²) in [6.45, 7) is 5.24. The van der Waals surface area contributed by atoms with Gasteiger partial charge >= 0.3 is 0 Å². The number of carbonyl (C=O) groups is 2. The van der Waals surface area contributed by atoms with Gasteiger partial charge in [-0.05, 0) is 56.7 Å². The predicted molar refractivity (Wildman–Crippen MR) is 124 cm³/mol. The number of pyridine rings is 2. The smallest absolute Gasteiger partial charge is 0.256 e. The zero-order valence-electron chi connectivity index (χ0n) is 17.7.